The van der Waals surface area contributed by atoms with E-state index in [1.807, 2.05) is 7.05 Å². The lowest BCUT2D eigenvalue weighted by Gasteiger charge is -2.42. The molecule has 0 radical (unpaired) electrons. The second-order valence-electron chi connectivity index (χ2n) is 7.66. The minimum absolute atomic E-state index is 0.390. The van der Waals surface area contributed by atoms with Gasteiger partial charge in [-0.2, -0.15) is 0 Å². The van der Waals surface area contributed by atoms with E-state index in [1.165, 1.54) is 38.6 Å². The summed E-state index contributed by atoms with van der Waals surface area (Å²) in [6, 6.07) is 0.512. The molecular formula is C19H34N4O. The molecule has 0 unspecified atom stereocenters. The van der Waals surface area contributed by atoms with Gasteiger partial charge in [0, 0.05) is 44.7 Å². The lowest BCUT2D eigenvalue weighted by atomic mass is 9.73. The lowest BCUT2D eigenvalue weighted by Crippen LogP contribution is -2.52. The Morgan fingerprint density at radius 3 is 2.54 bits per heavy atom. The van der Waals surface area contributed by atoms with Gasteiger partial charge in [0.25, 0.3) is 0 Å². The van der Waals surface area contributed by atoms with E-state index in [1.54, 1.807) is 0 Å². The first-order valence-corrected chi connectivity index (χ1v) is 9.72. The van der Waals surface area contributed by atoms with Crippen LogP contribution in [0.3, 0.4) is 0 Å². The van der Waals surface area contributed by atoms with Gasteiger partial charge in [-0.3, -0.25) is 9.89 Å². The van der Waals surface area contributed by atoms with E-state index < -0.39 is 0 Å². The fourth-order valence-electron chi connectivity index (χ4n) is 4.32. The van der Waals surface area contributed by atoms with E-state index >= 15 is 0 Å². The number of aliphatic imine (C=N–C) groups is 1. The number of morpholine rings is 1. The van der Waals surface area contributed by atoms with Gasteiger partial charge in [-0.1, -0.05) is 31.4 Å². The molecule has 5 heteroatoms. The maximum atomic E-state index is 5.52. The average Bonchev–Trinajstić information content (AvgIpc) is 3.13. The Kier molecular flexibility index (Phi) is 6.55. The number of hydrogen-bond donors (Lipinski definition) is 2. The van der Waals surface area contributed by atoms with Crippen molar-refractivity contribution < 1.29 is 4.74 Å². The molecule has 136 valence electrons. The minimum Gasteiger partial charge on any atom is -0.379 e. The van der Waals surface area contributed by atoms with Crippen molar-refractivity contribution in [2.45, 2.75) is 51.0 Å². The summed E-state index contributed by atoms with van der Waals surface area (Å²) in [4.78, 5) is 7.05. The molecular weight excluding hydrogens is 300 g/mol. The molecule has 2 aliphatic carbocycles. The van der Waals surface area contributed by atoms with Gasteiger partial charge >= 0.3 is 0 Å². The van der Waals surface area contributed by atoms with E-state index in [0.29, 0.717) is 11.5 Å². The molecule has 3 aliphatic rings. The average molecular weight is 335 g/mol. The SMILES string of the molecule is CN=C(NCC1(CN2CCOCC2)CCCCC1)NC1CC=CC1. The predicted molar refractivity (Wildman–Crippen MR) is 99.4 cm³/mol. The molecule has 0 aromatic rings. The van der Waals surface area contributed by atoms with Crippen LogP contribution in [-0.2, 0) is 4.74 Å². The van der Waals surface area contributed by atoms with Gasteiger partial charge in [-0.05, 0) is 25.7 Å². The van der Waals surface area contributed by atoms with Crippen molar-refractivity contribution in [2.75, 3.05) is 46.4 Å². The predicted octanol–water partition coefficient (Wildman–Crippen LogP) is 2.15. The van der Waals surface area contributed by atoms with Gasteiger partial charge in [0.2, 0.25) is 0 Å². The van der Waals surface area contributed by atoms with Crippen molar-refractivity contribution >= 4 is 5.96 Å². The number of rotatable bonds is 5. The highest BCUT2D eigenvalue weighted by Crippen LogP contribution is 2.36. The van der Waals surface area contributed by atoms with Crippen LogP contribution in [0.5, 0.6) is 0 Å². The first kappa shape index (κ1) is 17.7. The maximum absolute atomic E-state index is 5.52. The van der Waals surface area contributed by atoms with E-state index in [4.69, 9.17) is 4.74 Å². The molecule has 0 atom stereocenters. The number of nitrogens with one attached hydrogen (secondary N) is 2. The quantitative estimate of drug-likeness (QED) is 0.459. The van der Waals surface area contributed by atoms with Crippen LogP contribution in [0.2, 0.25) is 0 Å². The van der Waals surface area contributed by atoms with Crippen LogP contribution in [0, 0.1) is 5.41 Å². The minimum atomic E-state index is 0.390. The first-order valence-electron chi connectivity index (χ1n) is 9.72. The Hall–Kier alpha value is -1.07. The second kappa shape index (κ2) is 8.86. The highest BCUT2D eigenvalue weighted by Gasteiger charge is 2.34. The maximum Gasteiger partial charge on any atom is 0.191 e. The molecule has 1 saturated heterocycles. The van der Waals surface area contributed by atoms with Crippen LogP contribution in [0.4, 0.5) is 0 Å². The monoisotopic (exact) mass is 334 g/mol. The highest BCUT2D eigenvalue weighted by atomic mass is 16.5. The summed E-state index contributed by atoms with van der Waals surface area (Å²) in [7, 11) is 1.88. The van der Waals surface area contributed by atoms with E-state index in [2.05, 4.69) is 32.7 Å². The highest BCUT2D eigenvalue weighted by molar-refractivity contribution is 5.80. The summed E-state index contributed by atoms with van der Waals surface area (Å²) < 4.78 is 5.52. The fourth-order valence-corrected chi connectivity index (χ4v) is 4.32. The van der Waals surface area contributed by atoms with Crippen molar-refractivity contribution in [3.63, 3.8) is 0 Å². The molecule has 2 fully saturated rings. The Morgan fingerprint density at radius 2 is 1.88 bits per heavy atom. The lowest BCUT2D eigenvalue weighted by molar-refractivity contribution is 0.00819. The fraction of sp³-hybridized carbons (Fsp3) is 0.842. The van der Waals surface area contributed by atoms with Crippen LogP contribution in [0.15, 0.2) is 17.1 Å². The summed E-state index contributed by atoms with van der Waals surface area (Å²) in [5, 5.41) is 7.22. The van der Waals surface area contributed by atoms with Crippen molar-refractivity contribution in [1.82, 2.24) is 15.5 Å². The van der Waals surface area contributed by atoms with Crippen LogP contribution in [-0.4, -0.2) is 63.3 Å². The van der Waals surface area contributed by atoms with E-state index in [-0.39, 0.29) is 0 Å². The van der Waals surface area contributed by atoms with Crippen molar-refractivity contribution in [2.24, 2.45) is 10.4 Å². The van der Waals surface area contributed by atoms with Crippen molar-refractivity contribution in [3.8, 4) is 0 Å². The van der Waals surface area contributed by atoms with Crippen molar-refractivity contribution in [3.05, 3.63) is 12.2 Å². The standard InChI is InChI=1S/C19H34N4O/c1-20-18(22-17-7-3-4-8-17)21-15-19(9-5-2-6-10-19)16-23-11-13-24-14-12-23/h3-4,17H,2,5-16H2,1H3,(H2,20,21,22). The Labute approximate surface area is 146 Å². The zero-order valence-electron chi connectivity index (χ0n) is 15.2. The Bertz CT molecular complexity index is 429. The van der Waals surface area contributed by atoms with Crippen LogP contribution in [0.1, 0.15) is 44.9 Å². The summed E-state index contributed by atoms with van der Waals surface area (Å²) in [6.07, 6.45) is 13.5. The number of hydrogen-bond acceptors (Lipinski definition) is 3. The van der Waals surface area contributed by atoms with Gasteiger partial charge in [0.05, 0.1) is 13.2 Å². The Morgan fingerprint density at radius 1 is 1.17 bits per heavy atom. The van der Waals surface area contributed by atoms with Gasteiger partial charge in [0.1, 0.15) is 0 Å². The summed E-state index contributed by atoms with van der Waals surface area (Å²) in [5.41, 5.74) is 0.390. The third-order valence-electron chi connectivity index (χ3n) is 5.78. The van der Waals surface area contributed by atoms with Gasteiger partial charge in [-0.15, -0.1) is 0 Å². The summed E-state index contributed by atoms with van der Waals surface area (Å²) in [5.74, 6) is 0.968. The van der Waals surface area contributed by atoms with Gasteiger partial charge in [0.15, 0.2) is 5.96 Å². The van der Waals surface area contributed by atoms with Crippen LogP contribution in [0.25, 0.3) is 0 Å². The topological polar surface area (TPSA) is 48.9 Å². The summed E-state index contributed by atoms with van der Waals surface area (Å²) in [6.45, 7) is 6.18. The normalized spacial score (nSPS) is 25.8. The summed E-state index contributed by atoms with van der Waals surface area (Å²) >= 11 is 0. The zero-order valence-corrected chi connectivity index (χ0v) is 15.2. The molecule has 2 N–H and O–H groups in total. The number of guanidine groups is 1. The number of nitrogens with zero attached hydrogens (tertiary/aromatic N) is 2. The molecule has 24 heavy (non-hydrogen) atoms. The zero-order chi connectivity index (χ0) is 16.7. The van der Waals surface area contributed by atoms with Gasteiger partial charge < -0.3 is 15.4 Å². The molecule has 3 rings (SSSR count). The van der Waals surface area contributed by atoms with Crippen LogP contribution >= 0.6 is 0 Å². The van der Waals surface area contributed by atoms with Gasteiger partial charge in [-0.25, -0.2) is 0 Å². The van der Waals surface area contributed by atoms with Crippen molar-refractivity contribution in [1.29, 1.82) is 0 Å². The molecule has 0 spiro atoms. The first-order chi connectivity index (χ1) is 11.8. The molecule has 1 aliphatic heterocycles. The van der Waals surface area contributed by atoms with Crippen LogP contribution < -0.4 is 10.6 Å². The third-order valence-corrected chi connectivity index (χ3v) is 5.78. The molecule has 0 aromatic heterocycles. The molecule has 1 heterocycles. The molecule has 5 nitrogen and oxygen atoms in total. The molecule has 0 amide bonds. The van der Waals surface area contributed by atoms with E-state index in [9.17, 15) is 0 Å². The second-order valence-corrected chi connectivity index (χ2v) is 7.66. The molecule has 0 aromatic carbocycles. The molecule has 0 bridgehead atoms. The number of ether oxygens (including phenoxy) is 1. The van der Waals surface area contributed by atoms with E-state index in [0.717, 1.165) is 51.6 Å². The third kappa shape index (κ3) is 4.96. The largest absolute Gasteiger partial charge is 0.379 e. The Balaban J connectivity index is 1.54. The molecule has 1 saturated carbocycles. The smallest absolute Gasteiger partial charge is 0.191 e.